The molecule has 1 atom stereocenters. The van der Waals surface area contributed by atoms with Gasteiger partial charge in [-0.2, -0.15) is 13.2 Å². The van der Waals surface area contributed by atoms with Gasteiger partial charge in [-0.3, -0.25) is 0 Å². The van der Waals surface area contributed by atoms with Gasteiger partial charge in [0.15, 0.2) is 0 Å². The third kappa shape index (κ3) is 13.2. The van der Waals surface area contributed by atoms with E-state index in [2.05, 4.69) is 64.6 Å². The summed E-state index contributed by atoms with van der Waals surface area (Å²) in [6.45, 7) is 14.6. The monoisotopic (exact) mass is 625 g/mol. The number of ether oxygens (including phenoxy) is 1. The minimum Gasteiger partial charge on any atom is -0.444 e. The molecule has 0 bridgehead atoms. The Morgan fingerprint density at radius 1 is 1.12 bits per heavy atom. The highest BCUT2D eigenvalue weighted by molar-refractivity contribution is 7.27. The van der Waals surface area contributed by atoms with Crippen LogP contribution in [-0.4, -0.2) is 46.9 Å². The number of aromatic amines is 1. The number of carbonyl (C=O) groups excluding carboxylic acids is 1. The molecule has 2 aromatic carbocycles. The molecule has 0 radical (unpaired) electrons. The van der Waals surface area contributed by atoms with Crippen molar-refractivity contribution < 1.29 is 27.1 Å². The van der Waals surface area contributed by atoms with Crippen LogP contribution in [0.4, 0.5) is 28.0 Å². The zero-order chi connectivity index (χ0) is 32.4. The van der Waals surface area contributed by atoms with Crippen LogP contribution in [0.3, 0.4) is 0 Å². The number of fused-ring (bicyclic) bond motifs is 1. The average molecular weight is 626 g/mol. The first kappa shape index (κ1) is 36.4. The Morgan fingerprint density at radius 3 is 2.28 bits per heavy atom. The van der Waals surface area contributed by atoms with Gasteiger partial charge in [-0.25, -0.2) is 9.18 Å². The lowest BCUT2D eigenvalue weighted by molar-refractivity contribution is -0.130. The van der Waals surface area contributed by atoms with Crippen molar-refractivity contribution in [1.29, 1.82) is 0 Å². The number of likely N-dealkylation sites (tertiary alicyclic amines) is 1. The standard InChI is InChI=1S/C16H23N.C14H20FN2O2P.C3H5F3/c1-4-5-9-16-14(11-12(2)3)13-8-6-7-10-15(13)17-16;1-14(2,3)19-13(18)17-7-11(8-17)16-10-4-9(15)5-12(20)6-10;1-2-3(4,5)6/h6-8,10,12,17H,4-5,9,11H2,1-3H3;4-6,11,16H,7-8,20H2,1-3H3;2H2,1H3. The second-order valence-electron chi connectivity index (χ2n) is 12.3. The lowest BCUT2D eigenvalue weighted by Gasteiger charge is -2.40. The molecule has 1 aromatic heterocycles. The van der Waals surface area contributed by atoms with Crippen molar-refractivity contribution in [3.05, 3.63) is 59.5 Å². The van der Waals surface area contributed by atoms with Gasteiger partial charge in [0.05, 0.1) is 6.04 Å². The molecule has 2 heterocycles. The fourth-order valence-corrected chi connectivity index (χ4v) is 4.78. The van der Waals surface area contributed by atoms with Gasteiger partial charge in [0.2, 0.25) is 0 Å². The molecule has 1 fully saturated rings. The number of hydrogen-bond donors (Lipinski definition) is 2. The molecule has 1 aliphatic heterocycles. The van der Waals surface area contributed by atoms with Gasteiger partial charge in [-0.05, 0) is 81.1 Å². The van der Waals surface area contributed by atoms with Crippen LogP contribution in [0.5, 0.6) is 0 Å². The largest absolute Gasteiger partial charge is 0.444 e. The molecule has 240 valence electrons. The van der Waals surface area contributed by atoms with E-state index >= 15 is 0 Å². The van der Waals surface area contributed by atoms with Crippen LogP contribution in [0.2, 0.25) is 0 Å². The molecule has 43 heavy (non-hydrogen) atoms. The molecule has 3 aromatic rings. The first-order valence-electron chi connectivity index (χ1n) is 15.0. The number of anilines is 1. The number of rotatable bonds is 7. The number of unbranched alkanes of at least 4 members (excludes halogenated alkanes) is 1. The number of carbonyl (C=O) groups is 1. The number of hydrogen-bond acceptors (Lipinski definition) is 3. The Balaban J connectivity index is 0.000000255. The van der Waals surface area contributed by atoms with Crippen LogP contribution in [-0.2, 0) is 17.6 Å². The predicted octanol–water partition coefficient (Wildman–Crippen LogP) is 9.03. The van der Waals surface area contributed by atoms with Crippen molar-refractivity contribution >= 4 is 37.2 Å². The maximum Gasteiger partial charge on any atom is 0.410 e. The third-order valence-electron chi connectivity index (χ3n) is 6.52. The summed E-state index contributed by atoms with van der Waals surface area (Å²) in [5, 5.41) is 5.42. The molecule has 0 aliphatic carbocycles. The number of nitrogens with zero attached hydrogens (tertiary/aromatic N) is 1. The number of amides is 1. The lowest BCUT2D eigenvalue weighted by atomic mass is 9.98. The fourth-order valence-electron chi connectivity index (χ4n) is 4.44. The Hall–Kier alpha value is -2.80. The number of para-hydroxylation sites is 1. The minimum absolute atomic E-state index is 0.133. The van der Waals surface area contributed by atoms with E-state index in [-0.39, 0.29) is 18.0 Å². The SMILES string of the molecule is CC(C)(C)OC(=O)N1CC(Nc2cc(F)cc(P)c2)C1.CCC(F)(F)F.CCCCc1[nH]c2ccccc2c1CC(C)C. The summed E-state index contributed by atoms with van der Waals surface area (Å²) in [6.07, 6.45) is -0.0842. The highest BCUT2D eigenvalue weighted by Gasteiger charge is 2.33. The number of aryl methyl sites for hydroxylation is 1. The van der Waals surface area contributed by atoms with Crippen LogP contribution >= 0.6 is 9.24 Å². The fraction of sp³-hybridized carbons (Fsp3) is 0.545. The van der Waals surface area contributed by atoms with Gasteiger partial charge in [-0.15, -0.1) is 9.24 Å². The molecule has 10 heteroatoms. The van der Waals surface area contributed by atoms with Crippen LogP contribution in [0.25, 0.3) is 10.9 Å². The van der Waals surface area contributed by atoms with Crippen LogP contribution in [0.1, 0.15) is 79.0 Å². The van der Waals surface area contributed by atoms with Crippen molar-refractivity contribution in [2.75, 3.05) is 18.4 Å². The molecule has 4 rings (SSSR count). The summed E-state index contributed by atoms with van der Waals surface area (Å²) in [7, 11) is 2.47. The summed E-state index contributed by atoms with van der Waals surface area (Å²) >= 11 is 0. The molecule has 1 aliphatic rings. The molecule has 1 saturated heterocycles. The highest BCUT2D eigenvalue weighted by atomic mass is 31.0. The quantitative estimate of drug-likeness (QED) is 0.204. The van der Waals surface area contributed by atoms with Crippen molar-refractivity contribution in [2.24, 2.45) is 5.92 Å². The Labute approximate surface area is 256 Å². The van der Waals surface area contributed by atoms with E-state index in [4.69, 9.17) is 4.74 Å². The smallest absolute Gasteiger partial charge is 0.410 e. The van der Waals surface area contributed by atoms with E-state index in [0.29, 0.717) is 13.1 Å². The molecular formula is C33H48F4N3O2P. The Kier molecular flexibility index (Phi) is 13.8. The average Bonchev–Trinajstić information content (AvgIpc) is 3.20. The normalized spacial score (nSPS) is 13.6. The maximum atomic E-state index is 13.3. The second-order valence-corrected chi connectivity index (χ2v) is 13.0. The number of halogens is 4. The van der Waals surface area contributed by atoms with Crippen molar-refractivity contribution in [1.82, 2.24) is 9.88 Å². The number of alkyl halides is 3. The molecule has 2 N–H and O–H groups in total. The zero-order valence-electron chi connectivity index (χ0n) is 26.5. The molecule has 0 spiro atoms. The van der Waals surface area contributed by atoms with Gasteiger partial charge < -0.3 is 19.9 Å². The molecule has 0 saturated carbocycles. The Morgan fingerprint density at radius 2 is 1.74 bits per heavy atom. The number of benzene rings is 2. The topological polar surface area (TPSA) is 57.4 Å². The van der Waals surface area contributed by atoms with Crippen molar-refractivity contribution in [3.8, 4) is 0 Å². The Bertz CT molecular complexity index is 1280. The molecular weight excluding hydrogens is 577 g/mol. The van der Waals surface area contributed by atoms with Gasteiger partial charge in [0.25, 0.3) is 0 Å². The zero-order valence-corrected chi connectivity index (χ0v) is 27.7. The van der Waals surface area contributed by atoms with E-state index < -0.39 is 18.2 Å². The van der Waals surface area contributed by atoms with Gasteiger partial charge in [-0.1, -0.05) is 52.3 Å². The molecule has 1 unspecified atom stereocenters. The number of aromatic nitrogens is 1. The second kappa shape index (κ2) is 16.3. The van der Waals surface area contributed by atoms with Crippen LogP contribution in [0.15, 0.2) is 42.5 Å². The van der Waals surface area contributed by atoms with Crippen LogP contribution < -0.4 is 10.6 Å². The first-order valence-corrected chi connectivity index (χ1v) is 15.5. The predicted molar refractivity (Wildman–Crippen MR) is 173 cm³/mol. The van der Waals surface area contributed by atoms with Crippen molar-refractivity contribution in [3.63, 3.8) is 0 Å². The molecule has 1 amide bonds. The van der Waals surface area contributed by atoms with E-state index in [9.17, 15) is 22.4 Å². The van der Waals surface area contributed by atoms with Gasteiger partial charge in [0.1, 0.15) is 11.4 Å². The van der Waals surface area contributed by atoms with Crippen LogP contribution in [0, 0.1) is 11.7 Å². The third-order valence-corrected chi connectivity index (χ3v) is 6.85. The number of H-pyrrole nitrogens is 1. The highest BCUT2D eigenvalue weighted by Crippen LogP contribution is 2.26. The summed E-state index contributed by atoms with van der Waals surface area (Å²) in [4.78, 5) is 17.0. The summed E-state index contributed by atoms with van der Waals surface area (Å²) < 4.78 is 50.9. The van der Waals surface area contributed by atoms with E-state index in [1.54, 1.807) is 10.5 Å². The van der Waals surface area contributed by atoms with Gasteiger partial charge >= 0.3 is 12.3 Å². The van der Waals surface area contributed by atoms with E-state index in [1.165, 1.54) is 54.4 Å². The first-order chi connectivity index (χ1) is 20.0. The maximum absolute atomic E-state index is 13.3. The van der Waals surface area contributed by atoms with E-state index in [0.717, 1.165) is 23.8 Å². The van der Waals surface area contributed by atoms with Gasteiger partial charge in [0, 0.05) is 41.8 Å². The van der Waals surface area contributed by atoms with E-state index in [1.807, 2.05) is 26.8 Å². The molecule has 5 nitrogen and oxygen atoms in total. The summed E-state index contributed by atoms with van der Waals surface area (Å²) in [6, 6.07) is 13.6. The summed E-state index contributed by atoms with van der Waals surface area (Å²) in [5.74, 6) is 0.443. The minimum atomic E-state index is -3.96. The lowest BCUT2D eigenvalue weighted by Crippen LogP contribution is -2.57. The number of nitrogens with one attached hydrogen (secondary N) is 2. The van der Waals surface area contributed by atoms with Crippen molar-refractivity contribution in [2.45, 2.75) is 98.4 Å². The summed E-state index contributed by atoms with van der Waals surface area (Å²) in [5.41, 5.74) is 4.55.